The van der Waals surface area contributed by atoms with E-state index in [1.165, 1.54) is 33.5 Å². The molecule has 27 heteroatoms. The second-order valence-corrected chi connectivity index (χ2v) is 18.8. The van der Waals surface area contributed by atoms with Crippen molar-refractivity contribution in [2.24, 2.45) is 23.3 Å². The summed E-state index contributed by atoms with van der Waals surface area (Å²) in [5.74, 6) is -20.5. The lowest BCUT2D eigenvalue weighted by Crippen LogP contribution is -2.60. The fourth-order valence-electron chi connectivity index (χ4n) is 7.76. The van der Waals surface area contributed by atoms with Crippen molar-refractivity contribution < 1.29 is 69.8 Å². The molecule has 0 aliphatic rings. The fraction of sp³-hybridized carbons (Fsp3) is 0.469. The number of hydrogen-bond acceptors (Lipinski definition) is 12. The van der Waals surface area contributed by atoms with E-state index in [-0.39, 0.29) is 25.2 Å². The average molecular weight is 1080 g/mol. The van der Waals surface area contributed by atoms with Crippen molar-refractivity contribution in [1.29, 1.82) is 0 Å². The van der Waals surface area contributed by atoms with E-state index in [1.807, 2.05) is 13.8 Å². The first-order valence-electron chi connectivity index (χ1n) is 24.0. The van der Waals surface area contributed by atoms with Gasteiger partial charge in [0.05, 0.1) is 19.5 Å². The minimum atomic E-state index is -2.44. The van der Waals surface area contributed by atoms with Crippen LogP contribution in [-0.2, 0) is 67.2 Å². The first-order valence-corrected chi connectivity index (χ1v) is 24.0. The number of primary amides is 1. The molecule has 414 valence electrons. The molecule has 0 saturated carbocycles. The van der Waals surface area contributed by atoms with Gasteiger partial charge in [0.1, 0.15) is 42.3 Å². The molecular formula is C49H63F5N12O10. The standard InChI is InChI=1S/C49H63F5N12O10/c1-21(2)14-34(49(75)76-7)65-47(73)33(16-26-19-57-20-59-26)63-42(68)23(5)61-48(74)41(22(3)4)66-43(69)24(6)60-46(72)32(15-25-18-58-30-11-9-8-10-27(25)30)64-45(71)31(12-13-35(56)67)62-44(70)29(55)17-28-36(50)38(52)40(54)39(53)37(28)51/h8-11,18-24,29,31-34,41,58H,12-17,55H2,1-7H3,(H2,56,67)(H,57,59)(H,60,72)(H,61,74)(H,62,70)(H,63,68)(H,64,71)(H,65,73)(H,66,69). The van der Waals surface area contributed by atoms with Gasteiger partial charge >= 0.3 is 5.97 Å². The number of carbonyl (C=O) groups is 9. The Morgan fingerprint density at radius 3 is 1.72 bits per heavy atom. The van der Waals surface area contributed by atoms with Crippen molar-refractivity contribution in [3.05, 3.63) is 88.9 Å². The molecular weight excluding hydrogens is 1010 g/mol. The monoisotopic (exact) mass is 1070 g/mol. The van der Waals surface area contributed by atoms with Crippen LogP contribution in [0.4, 0.5) is 22.0 Å². The summed E-state index contributed by atoms with van der Waals surface area (Å²) in [5.41, 5.74) is 11.3. The number of fused-ring (bicyclic) bond motifs is 1. The summed E-state index contributed by atoms with van der Waals surface area (Å²) in [6.45, 7) is 9.45. The summed E-state index contributed by atoms with van der Waals surface area (Å²) in [5, 5.41) is 18.0. The minimum Gasteiger partial charge on any atom is -0.467 e. The predicted octanol–water partition coefficient (Wildman–Crippen LogP) is 0.516. The molecule has 4 aromatic rings. The Morgan fingerprint density at radius 1 is 0.618 bits per heavy atom. The molecule has 0 aliphatic carbocycles. The SMILES string of the molecule is COC(=O)C(CC(C)C)NC(=O)C(Cc1cnc[nH]1)NC(=O)C(C)NC(=O)C(NC(=O)C(C)NC(=O)C(Cc1c[nH]c2ccccc12)NC(=O)C(CCC(N)=O)NC(=O)C(N)Cc1c(F)c(F)c(F)c(F)c1F)C(C)C. The molecule has 0 spiro atoms. The topological polar surface area (TPSA) is 344 Å². The van der Waals surface area contributed by atoms with E-state index >= 15 is 0 Å². The van der Waals surface area contributed by atoms with Crippen molar-refractivity contribution in [2.75, 3.05) is 7.11 Å². The molecule has 22 nitrogen and oxygen atoms in total. The average Bonchev–Trinajstić information content (AvgIpc) is 4.05. The number of nitrogens with two attached hydrogens (primary N) is 2. The number of amides is 8. The zero-order valence-corrected chi connectivity index (χ0v) is 42.6. The van der Waals surface area contributed by atoms with Crippen LogP contribution in [0.25, 0.3) is 10.9 Å². The fourth-order valence-corrected chi connectivity index (χ4v) is 7.76. The van der Waals surface area contributed by atoms with E-state index in [4.69, 9.17) is 16.2 Å². The molecule has 8 unspecified atom stereocenters. The van der Waals surface area contributed by atoms with E-state index < -0.39 is 161 Å². The third-order valence-electron chi connectivity index (χ3n) is 12.0. The largest absolute Gasteiger partial charge is 0.467 e. The minimum absolute atomic E-state index is 0.0219. The zero-order valence-electron chi connectivity index (χ0n) is 42.6. The normalized spacial score (nSPS) is 14.5. The number of ether oxygens (including phenoxy) is 1. The highest BCUT2D eigenvalue weighted by molar-refractivity contribution is 5.98. The number of rotatable bonds is 27. The second kappa shape index (κ2) is 27.5. The molecule has 0 radical (unpaired) electrons. The Balaban J connectivity index is 1.50. The second-order valence-electron chi connectivity index (χ2n) is 18.8. The van der Waals surface area contributed by atoms with Crippen LogP contribution in [0.2, 0.25) is 0 Å². The molecule has 0 fully saturated rings. The van der Waals surface area contributed by atoms with Crippen LogP contribution >= 0.6 is 0 Å². The molecule has 2 heterocycles. The lowest BCUT2D eigenvalue weighted by atomic mass is 10.0. The highest BCUT2D eigenvalue weighted by Crippen LogP contribution is 2.24. The molecule has 8 atom stereocenters. The number of aromatic amines is 2. The van der Waals surface area contributed by atoms with Gasteiger partial charge in [-0.1, -0.05) is 45.9 Å². The number of H-pyrrole nitrogens is 2. The van der Waals surface area contributed by atoms with Crippen LogP contribution in [0, 0.1) is 40.9 Å². The molecule has 2 aromatic heterocycles. The quantitative estimate of drug-likeness (QED) is 0.0169. The van der Waals surface area contributed by atoms with Gasteiger partial charge in [-0.2, -0.15) is 0 Å². The Hall–Kier alpha value is -7.97. The highest BCUT2D eigenvalue weighted by atomic mass is 19.2. The maximum Gasteiger partial charge on any atom is 0.328 e. The molecule has 13 N–H and O–H groups in total. The lowest BCUT2D eigenvalue weighted by Gasteiger charge is -2.27. The number of halogens is 5. The molecule has 0 bridgehead atoms. The summed E-state index contributed by atoms with van der Waals surface area (Å²) in [6, 6.07) is -4.80. The van der Waals surface area contributed by atoms with Gasteiger partial charge in [-0.3, -0.25) is 38.4 Å². The maximum atomic E-state index is 14.5. The van der Waals surface area contributed by atoms with Gasteiger partial charge < -0.3 is 63.4 Å². The van der Waals surface area contributed by atoms with Gasteiger partial charge in [-0.15, -0.1) is 0 Å². The smallest absolute Gasteiger partial charge is 0.328 e. The van der Waals surface area contributed by atoms with Gasteiger partial charge in [0.15, 0.2) is 23.3 Å². The summed E-state index contributed by atoms with van der Waals surface area (Å²) in [6.07, 6.45) is 1.93. The van der Waals surface area contributed by atoms with Gasteiger partial charge in [0.25, 0.3) is 0 Å². The molecule has 4 rings (SSSR count). The Bertz CT molecular complexity index is 2730. The van der Waals surface area contributed by atoms with Gasteiger partial charge in [-0.05, 0) is 50.2 Å². The number of imidazole rings is 1. The van der Waals surface area contributed by atoms with E-state index in [9.17, 15) is 65.1 Å². The first-order chi connectivity index (χ1) is 35.7. The zero-order chi connectivity index (χ0) is 56.7. The van der Waals surface area contributed by atoms with Gasteiger partial charge in [0, 0.05) is 60.2 Å². The number of esters is 1. The number of nitrogens with zero attached hydrogens (tertiary/aromatic N) is 1. The molecule has 76 heavy (non-hydrogen) atoms. The first kappa shape index (κ1) is 60.6. The highest BCUT2D eigenvalue weighted by Gasteiger charge is 2.35. The molecule has 2 aromatic carbocycles. The van der Waals surface area contributed by atoms with E-state index in [1.54, 1.807) is 44.3 Å². The molecule has 0 aliphatic heterocycles. The van der Waals surface area contributed by atoms with E-state index in [0.717, 1.165) is 0 Å². The number of methoxy groups -OCH3 is 1. The van der Waals surface area contributed by atoms with Crippen LogP contribution in [-0.4, -0.2) is 124 Å². The maximum absolute atomic E-state index is 14.5. The van der Waals surface area contributed by atoms with Crippen molar-refractivity contribution in [3.8, 4) is 0 Å². The molecule has 8 amide bonds. The summed E-state index contributed by atoms with van der Waals surface area (Å²) >= 11 is 0. The van der Waals surface area contributed by atoms with Gasteiger partial charge in [-0.25, -0.2) is 31.7 Å². The van der Waals surface area contributed by atoms with Crippen LogP contribution in [0.5, 0.6) is 0 Å². The predicted molar refractivity (Wildman–Crippen MR) is 262 cm³/mol. The summed E-state index contributed by atoms with van der Waals surface area (Å²) < 4.78 is 75.3. The number of carbonyl (C=O) groups excluding carboxylic acids is 9. The van der Waals surface area contributed by atoms with Gasteiger partial charge in [0.2, 0.25) is 53.1 Å². The number of hydrogen-bond donors (Lipinski definition) is 11. The number of nitrogens with one attached hydrogen (secondary N) is 9. The van der Waals surface area contributed by atoms with Crippen LogP contribution in [0.15, 0.2) is 43.0 Å². The Morgan fingerprint density at radius 2 is 1.14 bits per heavy atom. The van der Waals surface area contributed by atoms with Crippen molar-refractivity contribution >= 4 is 64.1 Å². The summed E-state index contributed by atoms with van der Waals surface area (Å²) in [7, 11) is 1.17. The van der Waals surface area contributed by atoms with Crippen molar-refractivity contribution in [1.82, 2.24) is 52.2 Å². The van der Waals surface area contributed by atoms with Crippen LogP contribution in [0.1, 0.15) is 77.6 Å². The van der Waals surface area contributed by atoms with Crippen molar-refractivity contribution in [3.63, 3.8) is 0 Å². The lowest BCUT2D eigenvalue weighted by molar-refractivity contribution is -0.146. The number of benzene rings is 2. The number of para-hydroxylation sites is 1. The van der Waals surface area contributed by atoms with Crippen LogP contribution < -0.4 is 48.7 Å². The number of aromatic nitrogens is 3. The van der Waals surface area contributed by atoms with Crippen LogP contribution in [0.3, 0.4) is 0 Å². The van der Waals surface area contributed by atoms with E-state index in [0.29, 0.717) is 22.2 Å². The summed E-state index contributed by atoms with van der Waals surface area (Å²) in [4.78, 5) is 130. The molecule has 0 saturated heterocycles. The third kappa shape index (κ3) is 16.5. The Kier molecular flexibility index (Phi) is 21.9. The third-order valence-corrected chi connectivity index (χ3v) is 12.0. The van der Waals surface area contributed by atoms with Crippen molar-refractivity contribution in [2.45, 2.75) is 128 Å². The van der Waals surface area contributed by atoms with E-state index in [2.05, 4.69) is 52.2 Å². The Labute approximate surface area is 432 Å².